The average molecular weight is 177 g/mol. The van der Waals surface area contributed by atoms with Gasteiger partial charge in [0.15, 0.2) is 0 Å². The van der Waals surface area contributed by atoms with E-state index < -0.39 is 6.85 Å². The van der Waals surface area contributed by atoms with Crippen molar-refractivity contribution in [3.05, 3.63) is 35.4 Å². The summed E-state index contributed by atoms with van der Waals surface area (Å²) in [5, 5.41) is 0. The van der Waals surface area contributed by atoms with Crippen LogP contribution in [0.4, 0.5) is 0 Å². The maximum Gasteiger partial charge on any atom is 0.0237 e. The minimum Gasteiger partial charge on any atom is -0.0620 e. The van der Waals surface area contributed by atoms with Crippen LogP contribution in [0.5, 0.6) is 0 Å². The molecule has 13 heavy (non-hydrogen) atoms. The standard InChI is InChI=1S/C13H18/c1-9-10(2)13(3,4)12-8-6-5-7-11(9)12/h5-10H,1-4H3/t9-,10-/m0/s1/i1D3. The van der Waals surface area contributed by atoms with Gasteiger partial charge in [-0.1, -0.05) is 51.9 Å². The van der Waals surface area contributed by atoms with Crippen molar-refractivity contribution in [2.45, 2.75) is 39.0 Å². The Labute approximate surface area is 85.2 Å². The lowest BCUT2D eigenvalue weighted by atomic mass is 9.78. The second kappa shape index (κ2) is 2.60. The van der Waals surface area contributed by atoms with E-state index in [0.717, 1.165) is 5.56 Å². The highest BCUT2D eigenvalue weighted by Gasteiger charge is 2.40. The van der Waals surface area contributed by atoms with Crippen molar-refractivity contribution in [2.24, 2.45) is 5.92 Å². The second-order valence-electron chi connectivity index (χ2n) is 4.58. The van der Waals surface area contributed by atoms with E-state index in [4.69, 9.17) is 4.11 Å². The minimum absolute atomic E-state index is 0.0460. The van der Waals surface area contributed by atoms with E-state index >= 15 is 0 Å². The van der Waals surface area contributed by atoms with Crippen molar-refractivity contribution in [3.8, 4) is 0 Å². The van der Waals surface area contributed by atoms with Crippen LogP contribution in [-0.4, -0.2) is 0 Å². The first-order chi connectivity index (χ1) is 7.26. The van der Waals surface area contributed by atoms with Gasteiger partial charge in [-0.05, 0) is 28.4 Å². The average Bonchev–Trinajstić information content (AvgIpc) is 2.35. The highest BCUT2D eigenvalue weighted by atomic mass is 14.4. The summed E-state index contributed by atoms with van der Waals surface area (Å²) >= 11 is 0. The van der Waals surface area contributed by atoms with Crippen LogP contribution in [-0.2, 0) is 5.41 Å². The van der Waals surface area contributed by atoms with E-state index in [9.17, 15) is 0 Å². The Morgan fingerprint density at radius 3 is 2.69 bits per heavy atom. The summed E-state index contributed by atoms with van der Waals surface area (Å²) < 4.78 is 23.1. The molecule has 1 aliphatic rings. The third-order valence-electron chi connectivity index (χ3n) is 3.63. The lowest BCUT2D eigenvalue weighted by Gasteiger charge is -2.26. The van der Waals surface area contributed by atoms with E-state index in [-0.39, 0.29) is 17.3 Å². The molecular formula is C13H18. The van der Waals surface area contributed by atoms with E-state index in [0.29, 0.717) is 0 Å². The van der Waals surface area contributed by atoms with Gasteiger partial charge in [-0.15, -0.1) is 0 Å². The van der Waals surface area contributed by atoms with Gasteiger partial charge in [-0.25, -0.2) is 0 Å². The van der Waals surface area contributed by atoms with Gasteiger partial charge in [0.05, 0.1) is 0 Å². The number of hydrogen-bond acceptors (Lipinski definition) is 0. The Kier molecular flexibility index (Phi) is 1.17. The number of fused-ring (bicyclic) bond motifs is 1. The van der Waals surface area contributed by atoms with Crippen LogP contribution in [0, 0.1) is 5.92 Å². The van der Waals surface area contributed by atoms with Crippen LogP contribution in [0.25, 0.3) is 0 Å². The largest absolute Gasteiger partial charge is 0.0620 e. The number of hydrogen-bond donors (Lipinski definition) is 0. The van der Waals surface area contributed by atoms with Gasteiger partial charge in [-0.3, -0.25) is 0 Å². The molecule has 70 valence electrons. The smallest absolute Gasteiger partial charge is 0.0237 e. The van der Waals surface area contributed by atoms with Crippen molar-refractivity contribution in [1.29, 1.82) is 0 Å². The Morgan fingerprint density at radius 2 is 2.00 bits per heavy atom. The molecular weight excluding hydrogens is 156 g/mol. The van der Waals surface area contributed by atoms with Gasteiger partial charge in [0, 0.05) is 4.11 Å². The van der Waals surface area contributed by atoms with Crippen molar-refractivity contribution in [3.63, 3.8) is 0 Å². The summed E-state index contributed by atoms with van der Waals surface area (Å²) in [5.74, 6) is -0.170. The quantitative estimate of drug-likeness (QED) is 0.566. The molecule has 0 heteroatoms. The summed E-state index contributed by atoms with van der Waals surface area (Å²) in [6.45, 7) is 4.44. The molecule has 0 nitrogen and oxygen atoms in total. The molecule has 0 radical (unpaired) electrons. The van der Waals surface area contributed by atoms with Crippen LogP contribution in [0.1, 0.15) is 48.8 Å². The lowest BCUT2D eigenvalue weighted by Crippen LogP contribution is -2.22. The molecule has 0 spiro atoms. The SMILES string of the molecule is [2H]C([2H])([2H])[C@@H]1c2ccccc2C(C)(C)[C@H]1C. The molecule has 2 rings (SSSR count). The van der Waals surface area contributed by atoms with Crippen LogP contribution in [0.15, 0.2) is 24.3 Å². The van der Waals surface area contributed by atoms with Crippen LogP contribution < -0.4 is 0 Å². The maximum atomic E-state index is 7.70. The molecule has 1 aromatic rings. The second-order valence-corrected chi connectivity index (χ2v) is 4.58. The molecule has 0 saturated carbocycles. The van der Waals surface area contributed by atoms with E-state index in [1.807, 2.05) is 18.2 Å². The topological polar surface area (TPSA) is 0 Å². The zero-order valence-corrected chi connectivity index (χ0v) is 8.46. The molecule has 0 saturated heterocycles. The van der Waals surface area contributed by atoms with Crippen molar-refractivity contribution >= 4 is 0 Å². The predicted molar refractivity (Wildman–Crippen MR) is 57.0 cm³/mol. The summed E-state index contributed by atoms with van der Waals surface area (Å²) in [5.41, 5.74) is 2.17. The zero-order valence-electron chi connectivity index (χ0n) is 11.5. The van der Waals surface area contributed by atoms with Crippen molar-refractivity contribution in [1.82, 2.24) is 0 Å². The van der Waals surface area contributed by atoms with E-state index in [2.05, 4.69) is 26.8 Å². The number of rotatable bonds is 0. The molecule has 0 aliphatic heterocycles. The molecule has 0 fully saturated rings. The van der Waals surface area contributed by atoms with Crippen molar-refractivity contribution < 1.29 is 4.11 Å². The number of benzene rings is 1. The fourth-order valence-corrected chi connectivity index (χ4v) is 2.29. The normalized spacial score (nSPS) is 34.5. The maximum absolute atomic E-state index is 7.70. The monoisotopic (exact) mass is 177 g/mol. The summed E-state index contributed by atoms with van der Waals surface area (Å²) in [6, 6.07) is 7.97. The Bertz CT molecular complexity index is 404. The first-order valence-corrected chi connectivity index (χ1v) is 4.85. The summed E-state index contributed by atoms with van der Waals surface area (Å²) in [7, 11) is 0. The van der Waals surface area contributed by atoms with Crippen LogP contribution in [0.3, 0.4) is 0 Å². The molecule has 0 N–H and O–H groups in total. The summed E-state index contributed by atoms with van der Waals surface area (Å²) in [6.07, 6.45) is 0. The molecule has 0 aromatic heterocycles. The van der Waals surface area contributed by atoms with E-state index in [1.165, 1.54) is 5.56 Å². The third-order valence-corrected chi connectivity index (χ3v) is 3.63. The van der Waals surface area contributed by atoms with Gasteiger partial charge in [0.1, 0.15) is 0 Å². The highest BCUT2D eigenvalue weighted by Crippen LogP contribution is 2.49. The van der Waals surface area contributed by atoms with Gasteiger partial charge in [0.2, 0.25) is 0 Å². The fraction of sp³-hybridized carbons (Fsp3) is 0.538. The first-order valence-electron chi connectivity index (χ1n) is 6.35. The first kappa shape index (κ1) is 5.85. The van der Waals surface area contributed by atoms with Gasteiger partial charge in [0.25, 0.3) is 0 Å². The molecule has 0 amide bonds. The van der Waals surface area contributed by atoms with Crippen molar-refractivity contribution in [2.75, 3.05) is 0 Å². The Balaban J connectivity index is 2.61. The Morgan fingerprint density at radius 1 is 1.31 bits per heavy atom. The van der Waals surface area contributed by atoms with E-state index in [1.54, 1.807) is 0 Å². The molecule has 0 heterocycles. The minimum atomic E-state index is -1.90. The van der Waals surface area contributed by atoms with Crippen LogP contribution in [0.2, 0.25) is 0 Å². The molecule has 0 unspecified atom stereocenters. The highest BCUT2D eigenvalue weighted by molar-refractivity contribution is 5.42. The third kappa shape index (κ3) is 1.04. The predicted octanol–water partition coefficient (Wildman–Crippen LogP) is 3.72. The zero-order chi connectivity index (χ0) is 12.1. The molecule has 1 aromatic carbocycles. The van der Waals surface area contributed by atoms with Gasteiger partial charge in [-0.2, -0.15) is 0 Å². The van der Waals surface area contributed by atoms with Gasteiger partial charge < -0.3 is 0 Å². The van der Waals surface area contributed by atoms with Crippen LogP contribution >= 0.6 is 0 Å². The molecule has 2 atom stereocenters. The molecule has 1 aliphatic carbocycles. The Hall–Kier alpha value is -0.780. The fourth-order valence-electron chi connectivity index (χ4n) is 2.29. The summed E-state index contributed by atoms with van der Waals surface area (Å²) in [4.78, 5) is 0. The van der Waals surface area contributed by atoms with Gasteiger partial charge >= 0.3 is 0 Å². The molecule has 0 bridgehead atoms. The lowest BCUT2D eigenvalue weighted by molar-refractivity contribution is 0.342.